The predicted octanol–water partition coefficient (Wildman–Crippen LogP) is 1.76. The summed E-state index contributed by atoms with van der Waals surface area (Å²) in [6, 6.07) is 0.399. The molecule has 4 nitrogen and oxygen atoms in total. The minimum Gasteiger partial charge on any atom is -0.353 e. The lowest BCUT2D eigenvalue weighted by Gasteiger charge is -2.24. The molecule has 19 heavy (non-hydrogen) atoms. The number of nitrogens with zero attached hydrogens (tertiary/aromatic N) is 1. The first-order valence-electron chi connectivity index (χ1n) is 7.98. The van der Waals surface area contributed by atoms with Gasteiger partial charge in [0.25, 0.3) is 0 Å². The van der Waals surface area contributed by atoms with Crippen LogP contribution in [0.25, 0.3) is 0 Å². The standard InChI is InChI=1S/C15H31N3O/c1-3-11-18(12-4-2)13-5-6-15(19)17-14-7-9-16-10-8-14/h14,16H,3-13H2,1-2H3,(H,17,19). The van der Waals surface area contributed by atoms with E-state index in [1.165, 1.54) is 12.8 Å². The molecule has 0 aromatic heterocycles. The van der Waals surface area contributed by atoms with Crippen LogP contribution in [0.3, 0.4) is 0 Å². The predicted molar refractivity (Wildman–Crippen MR) is 80.3 cm³/mol. The number of carbonyl (C=O) groups is 1. The van der Waals surface area contributed by atoms with Gasteiger partial charge in [-0.25, -0.2) is 0 Å². The number of hydrogen-bond acceptors (Lipinski definition) is 3. The zero-order valence-electron chi connectivity index (χ0n) is 12.7. The van der Waals surface area contributed by atoms with Crippen LogP contribution in [0, 0.1) is 0 Å². The highest BCUT2D eigenvalue weighted by Gasteiger charge is 2.15. The Morgan fingerprint density at radius 2 is 1.79 bits per heavy atom. The SMILES string of the molecule is CCCN(CCC)CCCC(=O)NC1CCNCC1. The van der Waals surface area contributed by atoms with E-state index >= 15 is 0 Å². The molecule has 1 aliphatic rings. The molecule has 0 aromatic carbocycles. The molecule has 2 N–H and O–H groups in total. The van der Waals surface area contributed by atoms with Crippen molar-refractivity contribution in [3.8, 4) is 0 Å². The summed E-state index contributed by atoms with van der Waals surface area (Å²) in [6.07, 6.45) is 6.19. The highest BCUT2D eigenvalue weighted by Crippen LogP contribution is 2.04. The maximum absolute atomic E-state index is 11.9. The van der Waals surface area contributed by atoms with Crippen LogP contribution >= 0.6 is 0 Å². The highest BCUT2D eigenvalue weighted by molar-refractivity contribution is 5.76. The summed E-state index contributed by atoms with van der Waals surface area (Å²) in [6.45, 7) is 9.87. The van der Waals surface area contributed by atoms with E-state index in [1.807, 2.05) is 0 Å². The van der Waals surface area contributed by atoms with Crippen LogP contribution in [0.5, 0.6) is 0 Å². The lowest BCUT2D eigenvalue weighted by atomic mass is 10.1. The summed E-state index contributed by atoms with van der Waals surface area (Å²) in [4.78, 5) is 14.3. The van der Waals surface area contributed by atoms with Gasteiger partial charge in [-0.1, -0.05) is 13.8 Å². The van der Waals surface area contributed by atoms with Crippen LogP contribution in [0.2, 0.25) is 0 Å². The van der Waals surface area contributed by atoms with Crippen molar-refractivity contribution < 1.29 is 4.79 Å². The van der Waals surface area contributed by atoms with E-state index in [0.29, 0.717) is 12.5 Å². The highest BCUT2D eigenvalue weighted by atomic mass is 16.1. The van der Waals surface area contributed by atoms with E-state index in [-0.39, 0.29) is 5.91 Å². The van der Waals surface area contributed by atoms with Crippen LogP contribution in [0.15, 0.2) is 0 Å². The van der Waals surface area contributed by atoms with E-state index in [0.717, 1.165) is 52.0 Å². The van der Waals surface area contributed by atoms with Crippen LogP contribution in [0.1, 0.15) is 52.4 Å². The molecule has 4 heteroatoms. The van der Waals surface area contributed by atoms with Crippen molar-refractivity contribution in [1.29, 1.82) is 0 Å². The molecule has 1 fully saturated rings. The molecule has 0 bridgehead atoms. The van der Waals surface area contributed by atoms with Crippen LogP contribution in [-0.4, -0.2) is 49.6 Å². The summed E-state index contributed by atoms with van der Waals surface area (Å²) < 4.78 is 0. The molecule has 0 aromatic rings. The number of amides is 1. The molecule has 0 saturated carbocycles. The molecule has 0 aliphatic carbocycles. The van der Waals surface area contributed by atoms with Gasteiger partial charge in [0.2, 0.25) is 5.91 Å². The van der Waals surface area contributed by atoms with Gasteiger partial charge in [0.05, 0.1) is 0 Å². The molecule has 112 valence electrons. The maximum atomic E-state index is 11.9. The zero-order valence-corrected chi connectivity index (χ0v) is 12.7. The Labute approximate surface area is 118 Å². The van der Waals surface area contributed by atoms with E-state index in [4.69, 9.17) is 0 Å². The summed E-state index contributed by atoms with van der Waals surface area (Å²) in [5, 5.41) is 6.48. The molecule has 1 aliphatic heterocycles. The normalized spacial score (nSPS) is 16.8. The summed E-state index contributed by atoms with van der Waals surface area (Å²) in [5.74, 6) is 0.236. The molecule has 0 spiro atoms. The quantitative estimate of drug-likeness (QED) is 0.670. The van der Waals surface area contributed by atoms with Gasteiger partial charge in [-0.2, -0.15) is 0 Å². The van der Waals surface area contributed by atoms with Gasteiger partial charge in [-0.3, -0.25) is 4.79 Å². The van der Waals surface area contributed by atoms with Gasteiger partial charge in [0, 0.05) is 12.5 Å². The van der Waals surface area contributed by atoms with Crippen molar-refractivity contribution in [2.24, 2.45) is 0 Å². The average Bonchev–Trinajstić information content (AvgIpc) is 2.40. The van der Waals surface area contributed by atoms with Crippen molar-refractivity contribution in [1.82, 2.24) is 15.5 Å². The third kappa shape index (κ3) is 7.53. The lowest BCUT2D eigenvalue weighted by molar-refractivity contribution is -0.122. The maximum Gasteiger partial charge on any atom is 0.220 e. The van der Waals surface area contributed by atoms with E-state index in [1.54, 1.807) is 0 Å². The summed E-state index contributed by atoms with van der Waals surface area (Å²) >= 11 is 0. The number of piperidine rings is 1. The van der Waals surface area contributed by atoms with Crippen LogP contribution in [-0.2, 0) is 4.79 Å². The fourth-order valence-corrected chi connectivity index (χ4v) is 2.70. The third-order valence-electron chi connectivity index (χ3n) is 3.66. The Hall–Kier alpha value is -0.610. The first kappa shape index (κ1) is 16.4. The van der Waals surface area contributed by atoms with Crippen molar-refractivity contribution in [2.45, 2.75) is 58.4 Å². The lowest BCUT2D eigenvalue weighted by Crippen LogP contribution is -2.42. The Morgan fingerprint density at radius 3 is 2.37 bits per heavy atom. The fraction of sp³-hybridized carbons (Fsp3) is 0.933. The average molecular weight is 269 g/mol. The van der Waals surface area contributed by atoms with Crippen molar-refractivity contribution in [3.05, 3.63) is 0 Å². The van der Waals surface area contributed by atoms with Gasteiger partial charge in [0.1, 0.15) is 0 Å². The Bertz CT molecular complexity index is 234. The third-order valence-corrected chi connectivity index (χ3v) is 3.66. The molecule has 1 rings (SSSR count). The Morgan fingerprint density at radius 1 is 1.16 bits per heavy atom. The number of hydrogen-bond donors (Lipinski definition) is 2. The van der Waals surface area contributed by atoms with E-state index in [9.17, 15) is 4.79 Å². The Kier molecular flexibility index (Phi) is 8.84. The molecule has 0 atom stereocenters. The molecule has 0 unspecified atom stereocenters. The van der Waals surface area contributed by atoms with Crippen molar-refractivity contribution >= 4 is 5.91 Å². The first-order valence-corrected chi connectivity index (χ1v) is 7.98. The van der Waals surface area contributed by atoms with Gasteiger partial charge < -0.3 is 15.5 Å². The first-order chi connectivity index (χ1) is 9.26. The largest absolute Gasteiger partial charge is 0.353 e. The minimum absolute atomic E-state index is 0.236. The van der Waals surface area contributed by atoms with Gasteiger partial charge in [-0.05, 0) is 64.8 Å². The zero-order chi connectivity index (χ0) is 13.9. The number of carbonyl (C=O) groups excluding carboxylic acids is 1. The molecule has 0 radical (unpaired) electrons. The molecule has 1 heterocycles. The topological polar surface area (TPSA) is 44.4 Å². The van der Waals surface area contributed by atoms with Crippen LogP contribution < -0.4 is 10.6 Å². The molecule has 1 saturated heterocycles. The van der Waals surface area contributed by atoms with E-state index < -0.39 is 0 Å². The molecule has 1 amide bonds. The minimum atomic E-state index is 0.236. The fourth-order valence-electron chi connectivity index (χ4n) is 2.70. The van der Waals surface area contributed by atoms with Gasteiger partial charge in [-0.15, -0.1) is 0 Å². The monoisotopic (exact) mass is 269 g/mol. The second-order valence-electron chi connectivity index (χ2n) is 5.54. The molecular formula is C15H31N3O. The van der Waals surface area contributed by atoms with Gasteiger partial charge >= 0.3 is 0 Å². The number of rotatable bonds is 9. The smallest absolute Gasteiger partial charge is 0.220 e. The number of nitrogens with one attached hydrogen (secondary N) is 2. The second-order valence-corrected chi connectivity index (χ2v) is 5.54. The van der Waals surface area contributed by atoms with E-state index in [2.05, 4.69) is 29.4 Å². The molecular weight excluding hydrogens is 238 g/mol. The Balaban J connectivity index is 2.10. The van der Waals surface area contributed by atoms with Gasteiger partial charge in [0.15, 0.2) is 0 Å². The van der Waals surface area contributed by atoms with Crippen molar-refractivity contribution in [3.63, 3.8) is 0 Å². The summed E-state index contributed by atoms with van der Waals surface area (Å²) in [7, 11) is 0. The second kappa shape index (κ2) is 10.2. The van der Waals surface area contributed by atoms with Crippen molar-refractivity contribution in [2.75, 3.05) is 32.7 Å². The van der Waals surface area contributed by atoms with Crippen LogP contribution in [0.4, 0.5) is 0 Å². The summed E-state index contributed by atoms with van der Waals surface area (Å²) in [5.41, 5.74) is 0.